The van der Waals surface area contributed by atoms with Crippen molar-refractivity contribution in [1.29, 1.82) is 0 Å². The Hall–Kier alpha value is -0.840. The molecule has 0 unspecified atom stereocenters. The van der Waals surface area contributed by atoms with Gasteiger partial charge in [-0.05, 0) is 29.1 Å². The van der Waals surface area contributed by atoms with E-state index < -0.39 is 5.41 Å². The summed E-state index contributed by atoms with van der Waals surface area (Å²) in [5.41, 5.74) is 1.39. The molecule has 0 atom stereocenters. The normalized spacial score (nSPS) is 12.4. The van der Waals surface area contributed by atoms with Crippen LogP contribution in [0.1, 0.15) is 19.4 Å². The Morgan fingerprint density at radius 3 is 2.31 bits per heavy atom. The highest BCUT2D eigenvalue weighted by Crippen LogP contribution is 2.36. The van der Waals surface area contributed by atoms with E-state index in [-0.39, 0.29) is 5.97 Å². The van der Waals surface area contributed by atoms with Gasteiger partial charge in [-0.25, -0.2) is 0 Å². The highest BCUT2D eigenvalue weighted by molar-refractivity contribution is 14.1. The molecule has 1 aromatic carbocycles. The third kappa shape index (κ3) is 2.64. The lowest BCUT2D eigenvalue weighted by atomic mass is 9.81. The summed E-state index contributed by atoms with van der Waals surface area (Å²) in [5.74, 6) is -0.223. The fraction of sp³-hybridized carbons (Fsp3) is 0.308. The van der Waals surface area contributed by atoms with Gasteiger partial charge in [0.2, 0.25) is 0 Å². The summed E-state index contributed by atoms with van der Waals surface area (Å²) in [7, 11) is 1.42. The van der Waals surface area contributed by atoms with Gasteiger partial charge in [0.25, 0.3) is 0 Å². The Bertz CT molecular complexity index is 394. The van der Waals surface area contributed by atoms with Gasteiger partial charge >= 0.3 is 5.97 Å². The quantitative estimate of drug-likeness (QED) is 0.624. The molecule has 1 aromatic rings. The number of benzene rings is 1. The van der Waals surface area contributed by atoms with Gasteiger partial charge in [0, 0.05) is 0 Å². The van der Waals surface area contributed by atoms with Gasteiger partial charge in [0.15, 0.2) is 0 Å². The fourth-order valence-electron chi connectivity index (χ4n) is 1.54. The van der Waals surface area contributed by atoms with Crippen LogP contribution in [-0.4, -0.2) is 13.1 Å². The highest BCUT2D eigenvalue weighted by Gasteiger charge is 2.33. The molecule has 16 heavy (non-hydrogen) atoms. The SMILES string of the molecule is COC(=O)C(C)(C)/C(=C/I)c1ccccc1. The van der Waals surface area contributed by atoms with Crippen LogP contribution in [0.25, 0.3) is 5.57 Å². The van der Waals surface area contributed by atoms with E-state index >= 15 is 0 Å². The largest absolute Gasteiger partial charge is 0.468 e. The van der Waals surface area contributed by atoms with Gasteiger partial charge in [-0.3, -0.25) is 4.79 Å². The molecule has 0 fully saturated rings. The zero-order valence-corrected chi connectivity index (χ0v) is 11.8. The van der Waals surface area contributed by atoms with Crippen LogP contribution >= 0.6 is 22.6 Å². The Kier molecular flexibility index (Phi) is 4.53. The number of ether oxygens (including phenoxy) is 1. The van der Waals surface area contributed by atoms with Crippen LogP contribution < -0.4 is 0 Å². The summed E-state index contributed by atoms with van der Waals surface area (Å²) in [4.78, 5) is 11.7. The molecule has 0 saturated carbocycles. The van der Waals surface area contributed by atoms with Crippen molar-refractivity contribution in [3.8, 4) is 0 Å². The first-order chi connectivity index (χ1) is 7.54. The van der Waals surface area contributed by atoms with E-state index in [2.05, 4.69) is 22.6 Å². The second-order valence-corrected chi connectivity index (χ2v) is 4.63. The van der Waals surface area contributed by atoms with Crippen molar-refractivity contribution in [2.75, 3.05) is 7.11 Å². The first-order valence-electron chi connectivity index (χ1n) is 4.98. The van der Waals surface area contributed by atoms with Crippen LogP contribution in [-0.2, 0) is 9.53 Å². The second kappa shape index (κ2) is 5.48. The molecule has 86 valence electrons. The van der Waals surface area contributed by atoms with Gasteiger partial charge in [-0.15, -0.1) is 0 Å². The van der Waals surface area contributed by atoms with Crippen LogP contribution in [0.4, 0.5) is 0 Å². The van der Waals surface area contributed by atoms with E-state index in [0.717, 1.165) is 11.1 Å². The van der Waals surface area contributed by atoms with Crippen molar-refractivity contribution in [3.63, 3.8) is 0 Å². The molecule has 0 aliphatic rings. The van der Waals surface area contributed by atoms with Crippen LogP contribution in [0.3, 0.4) is 0 Å². The Labute approximate surface area is 110 Å². The number of esters is 1. The molecular weight excluding hydrogens is 315 g/mol. The number of carbonyl (C=O) groups is 1. The van der Waals surface area contributed by atoms with E-state index in [0.29, 0.717) is 0 Å². The zero-order valence-electron chi connectivity index (χ0n) is 9.66. The summed E-state index contributed by atoms with van der Waals surface area (Å²) in [6, 6.07) is 9.87. The molecule has 0 amide bonds. The number of halogens is 1. The average Bonchev–Trinajstić information content (AvgIpc) is 2.30. The van der Waals surface area contributed by atoms with E-state index in [1.165, 1.54) is 7.11 Å². The lowest BCUT2D eigenvalue weighted by molar-refractivity contribution is -0.147. The maximum Gasteiger partial charge on any atom is 0.315 e. The summed E-state index contributed by atoms with van der Waals surface area (Å²) >= 11 is 2.16. The summed E-state index contributed by atoms with van der Waals surface area (Å²) in [6.07, 6.45) is 0. The minimum absolute atomic E-state index is 0.223. The third-order valence-corrected chi connectivity index (χ3v) is 3.19. The van der Waals surface area contributed by atoms with Crippen molar-refractivity contribution in [1.82, 2.24) is 0 Å². The Morgan fingerprint density at radius 2 is 1.88 bits per heavy atom. The average molecular weight is 330 g/mol. The van der Waals surface area contributed by atoms with E-state index in [4.69, 9.17) is 4.74 Å². The van der Waals surface area contributed by atoms with Crippen molar-refractivity contribution < 1.29 is 9.53 Å². The molecule has 0 N–H and O–H groups in total. The number of methoxy groups -OCH3 is 1. The maximum absolute atomic E-state index is 11.7. The number of carbonyl (C=O) groups excluding carboxylic acids is 1. The molecule has 0 bridgehead atoms. The lowest BCUT2D eigenvalue weighted by Gasteiger charge is -2.25. The summed E-state index contributed by atoms with van der Waals surface area (Å²) < 4.78 is 6.77. The summed E-state index contributed by atoms with van der Waals surface area (Å²) in [6.45, 7) is 3.74. The standard InChI is InChI=1S/C13H15IO2/c1-13(2,12(15)16-3)11(9-14)10-7-5-4-6-8-10/h4-9H,1-3H3/b11-9+. The van der Waals surface area contributed by atoms with Crippen LogP contribution in [0.15, 0.2) is 34.4 Å². The molecule has 0 saturated heterocycles. The third-order valence-electron chi connectivity index (χ3n) is 2.56. The number of hydrogen-bond donors (Lipinski definition) is 0. The van der Waals surface area contributed by atoms with Crippen molar-refractivity contribution in [2.45, 2.75) is 13.8 Å². The number of rotatable bonds is 3. The van der Waals surface area contributed by atoms with Gasteiger partial charge in [-0.1, -0.05) is 52.9 Å². The molecule has 0 spiro atoms. The predicted molar refractivity (Wildman–Crippen MR) is 74.2 cm³/mol. The van der Waals surface area contributed by atoms with E-state index in [9.17, 15) is 4.79 Å². The van der Waals surface area contributed by atoms with Gasteiger partial charge in [-0.2, -0.15) is 0 Å². The molecular formula is C13H15IO2. The molecule has 1 rings (SSSR count). The molecule has 0 radical (unpaired) electrons. The Morgan fingerprint density at radius 1 is 1.31 bits per heavy atom. The van der Waals surface area contributed by atoms with Crippen LogP contribution in [0.5, 0.6) is 0 Å². The molecule has 0 aliphatic carbocycles. The zero-order chi connectivity index (χ0) is 12.2. The first-order valence-corrected chi connectivity index (χ1v) is 6.23. The monoisotopic (exact) mass is 330 g/mol. The molecule has 3 heteroatoms. The molecule has 0 heterocycles. The second-order valence-electron chi connectivity index (χ2n) is 4.01. The van der Waals surface area contributed by atoms with Crippen molar-refractivity contribution >= 4 is 34.1 Å². The molecule has 0 aromatic heterocycles. The van der Waals surface area contributed by atoms with Crippen LogP contribution in [0, 0.1) is 5.41 Å². The first kappa shape index (κ1) is 13.2. The smallest absolute Gasteiger partial charge is 0.315 e. The van der Waals surface area contributed by atoms with E-state index in [1.807, 2.05) is 48.3 Å². The highest BCUT2D eigenvalue weighted by atomic mass is 127. The van der Waals surface area contributed by atoms with Crippen LogP contribution in [0.2, 0.25) is 0 Å². The minimum atomic E-state index is -0.628. The van der Waals surface area contributed by atoms with Gasteiger partial charge in [0.05, 0.1) is 12.5 Å². The topological polar surface area (TPSA) is 26.3 Å². The summed E-state index contributed by atoms with van der Waals surface area (Å²) in [5, 5.41) is 0. The molecule has 2 nitrogen and oxygen atoms in total. The fourth-order valence-corrected chi connectivity index (χ4v) is 2.68. The number of hydrogen-bond acceptors (Lipinski definition) is 2. The lowest BCUT2D eigenvalue weighted by Crippen LogP contribution is -2.26. The minimum Gasteiger partial charge on any atom is -0.468 e. The van der Waals surface area contributed by atoms with Gasteiger partial charge in [0.1, 0.15) is 0 Å². The molecule has 0 aliphatic heterocycles. The predicted octanol–water partition coefficient (Wildman–Crippen LogP) is 3.66. The van der Waals surface area contributed by atoms with Gasteiger partial charge < -0.3 is 4.74 Å². The van der Waals surface area contributed by atoms with Crippen molar-refractivity contribution in [2.24, 2.45) is 5.41 Å². The maximum atomic E-state index is 11.7. The Balaban J connectivity index is 3.15. The van der Waals surface area contributed by atoms with Crippen molar-refractivity contribution in [3.05, 3.63) is 40.0 Å². The van der Waals surface area contributed by atoms with E-state index in [1.54, 1.807) is 0 Å².